The minimum Gasteiger partial charge on any atom is -0.311 e. The summed E-state index contributed by atoms with van der Waals surface area (Å²) in [4.78, 5) is 17.5. The Morgan fingerprint density at radius 1 is 1.50 bits per heavy atom. The maximum atomic E-state index is 13.1. The fraction of sp³-hybridized carbons (Fsp3) is 0.286. The number of benzene rings is 1. The second-order valence-electron chi connectivity index (χ2n) is 4.67. The average Bonchev–Trinajstić information content (AvgIpc) is 2.80. The monoisotopic (exact) mass is 291 g/mol. The van der Waals surface area contributed by atoms with E-state index in [1.807, 2.05) is 0 Å². The molecule has 1 aliphatic heterocycles. The van der Waals surface area contributed by atoms with E-state index in [0.717, 1.165) is 25.2 Å². The van der Waals surface area contributed by atoms with Gasteiger partial charge in [-0.1, -0.05) is 12.1 Å². The SMILES string of the molecule is O=C(Cc1cccc(F)c1)Nc1nc2c(s1)CNCC2. The van der Waals surface area contributed by atoms with Crippen LogP contribution in [0.3, 0.4) is 0 Å². The molecule has 0 aliphatic carbocycles. The van der Waals surface area contributed by atoms with Crippen molar-refractivity contribution in [2.75, 3.05) is 11.9 Å². The predicted molar refractivity (Wildman–Crippen MR) is 76.3 cm³/mol. The molecular formula is C14H14FN3OS. The first-order chi connectivity index (χ1) is 9.70. The molecule has 4 nitrogen and oxygen atoms in total. The third kappa shape index (κ3) is 3.02. The average molecular weight is 291 g/mol. The van der Waals surface area contributed by atoms with Crippen molar-refractivity contribution >= 4 is 22.4 Å². The van der Waals surface area contributed by atoms with Gasteiger partial charge >= 0.3 is 0 Å². The van der Waals surface area contributed by atoms with E-state index in [-0.39, 0.29) is 18.1 Å². The molecule has 1 aliphatic rings. The van der Waals surface area contributed by atoms with Gasteiger partial charge in [0.2, 0.25) is 5.91 Å². The Labute approximate surface area is 120 Å². The van der Waals surface area contributed by atoms with Gasteiger partial charge in [-0.25, -0.2) is 9.37 Å². The lowest BCUT2D eigenvalue weighted by Gasteiger charge is -2.09. The van der Waals surface area contributed by atoms with Crippen molar-refractivity contribution in [2.24, 2.45) is 0 Å². The summed E-state index contributed by atoms with van der Waals surface area (Å²) >= 11 is 1.50. The fourth-order valence-electron chi connectivity index (χ4n) is 2.17. The minimum absolute atomic E-state index is 0.153. The number of carbonyl (C=O) groups is 1. The van der Waals surface area contributed by atoms with Crippen molar-refractivity contribution in [3.63, 3.8) is 0 Å². The molecule has 3 rings (SSSR count). The number of hydrogen-bond donors (Lipinski definition) is 2. The third-order valence-electron chi connectivity index (χ3n) is 3.10. The Balaban J connectivity index is 1.65. The third-order valence-corrected chi connectivity index (χ3v) is 4.12. The Kier molecular flexibility index (Phi) is 3.75. The van der Waals surface area contributed by atoms with Gasteiger partial charge < -0.3 is 10.6 Å². The molecule has 2 heterocycles. The highest BCUT2D eigenvalue weighted by Gasteiger charge is 2.16. The van der Waals surface area contributed by atoms with E-state index < -0.39 is 0 Å². The number of rotatable bonds is 3. The van der Waals surface area contributed by atoms with Crippen LogP contribution in [-0.4, -0.2) is 17.4 Å². The van der Waals surface area contributed by atoms with Gasteiger partial charge in [-0.15, -0.1) is 11.3 Å². The lowest BCUT2D eigenvalue weighted by Crippen LogP contribution is -2.22. The van der Waals surface area contributed by atoms with Crippen molar-refractivity contribution in [1.82, 2.24) is 10.3 Å². The molecule has 1 amide bonds. The highest BCUT2D eigenvalue weighted by molar-refractivity contribution is 7.15. The standard InChI is InChI=1S/C14H14FN3OS/c15-10-3-1-2-9(6-10)7-13(19)18-14-17-11-4-5-16-8-12(11)20-14/h1-3,6,16H,4-5,7-8H2,(H,17,18,19). The Morgan fingerprint density at radius 2 is 2.40 bits per heavy atom. The highest BCUT2D eigenvalue weighted by atomic mass is 32.1. The molecule has 6 heteroatoms. The number of amides is 1. The van der Waals surface area contributed by atoms with Gasteiger partial charge in [-0.2, -0.15) is 0 Å². The van der Waals surface area contributed by atoms with E-state index in [1.165, 1.54) is 28.3 Å². The smallest absolute Gasteiger partial charge is 0.230 e. The molecule has 2 aromatic rings. The van der Waals surface area contributed by atoms with Gasteiger partial charge in [0.05, 0.1) is 12.1 Å². The summed E-state index contributed by atoms with van der Waals surface area (Å²) in [7, 11) is 0. The molecule has 0 spiro atoms. The first kappa shape index (κ1) is 13.2. The lowest BCUT2D eigenvalue weighted by molar-refractivity contribution is -0.115. The zero-order chi connectivity index (χ0) is 13.9. The van der Waals surface area contributed by atoms with Crippen LogP contribution < -0.4 is 10.6 Å². The summed E-state index contributed by atoms with van der Waals surface area (Å²) in [6, 6.07) is 6.07. The van der Waals surface area contributed by atoms with Crippen LogP contribution in [0.25, 0.3) is 0 Å². The van der Waals surface area contributed by atoms with Gasteiger partial charge in [0.15, 0.2) is 5.13 Å². The van der Waals surface area contributed by atoms with Gasteiger partial charge in [0.25, 0.3) is 0 Å². The summed E-state index contributed by atoms with van der Waals surface area (Å²) in [6.07, 6.45) is 1.05. The van der Waals surface area contributed by atoms with E-state index >= 15 is 0 Å². The molecule has 0 saturated heterocycles. The van der Waals surface area contributed by atoms with Crippen LogP contribution in [0.2, 0.25) is 0 Å². The van der Waals surface area contributed by atoms with Gasteiger partial charge in [0.1, 0.15) is 5.82 Å². The molecule has 1 aromatic carbocycles. The minimum atomic E-state index is -0.328. The van der Waals surface area contributed by atoms with Crippen LogP contribution in [0.15, 0.2) is 24.3 Å². The summed E-state index contributed by atoms with van der Waals surface area (Å²) in [5.41, 5.74) is 1.72. The van der Waals surface area contributed by atoms with E-state index in [2.05, 4.69) is 15.6 Å². The second kappa shape index (κ2) is 5.68. The first-order valence-electron chi connectivity index (χ1n) is 6.44. The topological polar surface area (TPSA) is 54.0 Å². The number of fused-ring (bicyclic) bond motifs is 1. The van der Waals surface area contributed by atoms with Gasteiger partial charge in [0, 0.05) is 24.4 Å². The lowest BCUT2D eigenvalue weighted by atomic mass is 10.1. The molecule has 2 N–H and O–H groups in total. The predicted octanol–water partition coefficient (Wildman–Crippen LogP) is 2.11. The molecule has 0 atom stereocenters. The molecule has 20 heavy (non-hydrogen) atoms. The van der Waals surface area contributed by atoms with E-state index in [1.54, 1.807) is 12.1 Å². The van der Waals surface area contributed by atoms with E-state index in [9.17, 15) is 9.18 Å². The van der Waals surface area contributed by atoms with Crippen molar-refractivity contribution in [3.05, 3.63) is 46.2 Å². The van der Waals surface area contributed by atoms with Crippen LogP contribution in [-0.2, 0) is 24.2 Å². The summed E-state index contributed by atoms with van der Waals surface area (Å²) in [5.74, 6) is -0.499. The first-order valence-corrected chi connectivity index (χ1v) is 7.26. The molecule has 1 aromatic heterocycles. The zero-order valence-electron chi connectivity index (χ0n) is 10.8. The number of nitrogens with zero attached hydrogens (tertiary/aromatic N) is 1. The number of nitrogens with one attached hydrogen (secondary N) is 2. The Morgan fingerprint density at radius 3 is 3.20 bits per heavy atom. The Hall–Kier alpha value is -1.79. The molecule has 0 radical (unpaired) electrons. The van der Waals surface area contributed by atoms with Crippen LogP contribution in [0.5, 0.6) is 0 Å². The van der Waals surface area contributed by atoms with Crippen LogP contribution in [0, 0.1) is 5.82 Å². The van der Waals surface area contributed by atoms with Crippen molar-refractivity contribution < 1.29 is 9.18 Å². The number of thiazole rings is 1. The summed E-state index contributed by atoms with van der Waals surface area (Å²) in [5, 5.41) is 6.68. The highest BCUT2D eigenvalue weighted by Crippen LogP contribution is 2.25. The van der Waals surface area contributed by atoms with Crippen molar-refractivity contribution in [3.8, 4) is 0 Å². The number of halogens is 1. The quantitative estimate of drug-likeness (QED) is 0.910. The van der Waals surface area contributed by atoms with Gasteiger partial charge in [-0.3, -0.25) is 4.79 Å². The molecule has 0 saturated carbocycles. The van der Waals surface area contributed by atoms with Crippen LogP contribution in [0.1, 0.15) is 16.1 Å². The van der Waals surface area contributed by atoms with E-state index in [4.69, 9.17) is 0 Å². The largest absolute Gasteiger partial charge is 0.311 e. The maximum absolute atomic E-state index is 13.1. The molecule has 0 fully saturated rings. The Bertz CT molecular complexity index is 618. The van der Waals surface area contributed by atoms with Crippen LogP contribution in [0.4, 0.5) is 9.52 Å². The summed E-state index contributed by atoms with van der Waals surface area (Å²) < 4.78 is 13.1. The molecular weight excluding hydrogens is 277 g/mol. The normalized spacial score (nSPS) is 13.8. The van der Waals surface area contributed by atoms with Gasteiger partial charge in [-0.05, 0) is 17.7 Å². The van der Waals surface area contributed by atoms with Crippen LogP contribution >= 0.6 is 11.3 Å². The molecule has 0 bridgehead atoms. The second-order valence-corrected chi connectivity index (χ2v) is 5.75. The fourth-order valence-corrected chi connectivity index (χ4v) is 3.17. The van der Waals surface area contributed by atoms with Crippen molar-refractivity contribution in [1.29, 1.82) is 0 Å². The number of anilines is 1. The molecule has 0 unspecified atom stereocenters. The number of carbonyl (C=O) groups excluding carboxylic acids is 1. The number of aromatic nitrogens is 1. The van der Waals surface area contributed by atoms with Crippen molar-refractivity contribution in [2.45, 2.75) is 19.4 Å². The van der Waals surface area contributed by atoms with E-state index in [0.29, 0.717) is 10.7 Å². The number of hydrogen-bond acceptors (Lipinski definition) is 4. The molecule has 104 valence electrons. The maximum Gasteiger partial charge on any atom is 0.230 e. The zero-order valence-corrected chi connectivity index (χ0v) is 11.6. The summed E-state index contributed by atoms with van der Waals surface area (Å²) in [6.45, 7) is 1.74.